The zero-order valence-electron chi connectivity index (χ0n) is 30.0. The van der Waals surface area contributed by atoms with Gasteiger partial charge in [-0.1, -0.05) is 75.6 Å². The van der Waals surface area contributed by atoms with E-state index in [1.807, 2.05) is 17.0 Å². The van der Waals surface area contributed by atoms with Crippen LogP contribution in [0.1, 0.15) is 90.1 Å². The molecule has 3 atom stereocenters. The highest BCUT2D eigenvalue weighted by molar-refractivity contribution is 5.68. The number of hydrogen-bond acceptors (Lipinski definition) is 8. The van der Waals surface area contributed by atoms with Crippen LogP contribution in [-0.2, 0) is 20.8 Å². The molecule has 0 bridgehead atoms. The van der Waals surface area contributed by atoms with Crippen molar-refractivity contribution in [1.29, 1.82) is 0 Å². The van der Waals surface area contributed by atoms with Crippen molar-refractivity contribution in [3.05, 3.63) is 65.7 Å². The predicted molar refractivity (Wildman–Crippen MR) is 195 cm³/mol. The third-order valence-corrected chi connectivity index (χ3v) is 10.4. The van der Waals surface area contributed by atoms with Crippen molar-refractivity contribution in [2.24, 2.45) is 5.92 Å². The van der Waals surface area contributed by atoms with Gasteiger partial charge in [-0.2, -0.15) is 0 Å². The topological polar surface area (TPSA) is 90.0 Å². The van der Waals surface area contributed by atoms with Gasteiger partial charge in [0, 0.05) is 53.9 Å². The Hall–Kier alpha value is -2.69. The predicted octanol–water partition coefficient (Wildman–Crippen LogP) is 7.65. The molecule has 0 radical (unpaired) electrons. The monoisotopic (exact) mass is 668 g/mol. The fourth-order valence-electron chi connectivity index (χ4n) is 7.74. The van der Waals surface area contributed by atoms with Gasteiger partial charge in [0.05, 0.1) is 18.4 Å². The highest BCUT2D eigenvalue weighted by Gasteiger charge is 2.44. The number of methoxy groups -OCH3 is 1. The minimum Gasteiger partial charge on any atom is -0.445 e. The van der Waals surface area contributed by atoms with Crippen LogP contribution < -0.4 is 5.48 Å². The zero-order valence-corrected chi connectivity index (χ0v) is 30.0. The van der Waals surface area contributed by atoms with Gasteiger partial charge >= 0.3 is 6.09 Å². The molecule has 9 nitrogen and oxygen atoms in total. The van der Waals surface area contributed by atoms with Gasteiger partial charge in [-0.25, -0.2) is 4.79 Å². The number of carbonyl (C=O) groups is 1. The zero-order chi connectivity index (χ0) is 34.1. The van der Waals surface area contributed by atoms with Crippen molar-refractivity contribution < 1.29 is 25.6 Å². The lowest BCUT2D eigenvalue weighted by Crippen LogP contribution is -2.47. The summed E-state index contributed by atoms with van der Waals surface area (Å²) in [6, 6.07) is 19.2. The van der Waals surface area contributed by atoms with Gasteiger partial charge in [0.15, 0.2) is 0 Å². The first kappa shape index (κ1) is 38.1. The summed E-state index contributed by atoms with van der Waals surface area (Å²) in [5.74, 6) is 1.62. The number of anilines is 1. The first-order chi connectivity index (χ1) is 23.5. The second kappa shape index (κ2) is 20.7. The number of benzene rings is 2. The SMILES string of the molecule is CCCN(C(=O)OCc1ccc(NO)cc1)C1CCN(CC)CC1.COC.[HH].c1ccc([C@@H]2CCN(C(C3CCCCC3)[C@@H]3CO3)C2)cc1. The maximum Gasteiger partial charge on any atom is 0.410 e. The molecule has 1 unspecified atom stereocenters. The van der Waals surface area contributed by atoms with E-state index in [9.17, 15) is 4.79 Å². The molecule has 48 heavy (non-hydrogen) atoms. The van der Waals surface area contributed by atoms with Gasteiger partial charge in [-0.15, -0.1) is 0 Å². The number of amides is 1. The molecular formula is C39H64N4O5. The molecule has 4 aliphatic rings. The normalized spacial score (nSPS) is 22.4. The molecule has 2 aromatic rings. The molecule has 1 saturated carbocycles. The average molecular weight is 669 g/mol. The molecule has 6 rings (SSSR count). The summed E-state index contributed by atoms with van der Waals surface area (Å²) in [6.45, 7) is 11.9. The number of epoxide rings is 1. The van der Waals surface area contributed by atoms with Gasteiger partial charge in [0.1, 0.15) is 6.61 Å². The standard InChI is InChI=1S/C19H27NO.C18H29N3O3.C2H6O.H2/c1-3-7-15(8-4-1)17-11-12-20(13-17)19(18-14-21-18)16-9-5-2-6-10-16;1-3-11-21(17-9-12-20(4-2)13-10-17)18(22)24-14-15-5-7-16(19-23)8-6-15;1-3-2;/h1,3-4,7-8,16-19H,2,5-6,9-14H2;5-8,17,19,23H,3-4,9-14H2,1-2H3;1-2H3;1H/t17-,18+,19?;;;/m1.../s1. The van der Waals surface area contributed by atoms with Crippen molar-refractivity contribution >= 4 is 11.8 Å². The lowest BCUT2D eigenvalue weighted by atomic mass is 9.82. The third-order valence-electron chi connectivity index (χ3n) is 10.4. The number of ether oxygens (including phenoxy) is 3. The molecule has 1 aliphatic carbocycles. The lowest BCUT2D eigenvalue weighted by Gasteiger charge is -2.37. The van der Waals surface area contributed by atoms with E-state index in [1.165, 1.54) is 57.2 Å². The van der Waals surface area contributed by atoms with Crippen LogP contribution in [-0.4, -0.2) is 104 Å². The van der Waals surface area contributed by atoms with Crippen LogP contribution in [0.4, 0.5) is 10.5 Å². The molecule has 0 spiro atoms. The highest BCUT2D eigenvalue weighted by atomic mass is 16.6. The molecule has 270 valence electrons. The summed E-state index contributed by atoms with van der Waals surface area (Å²) in [5, 5.41) is 8.81. The first-order valence-corrected chi connectivity index (χ1v) is 18.5. The number of hydrogen-bond donors (Lipinski definition) is 2. The molecule has 0 aromatic heterocycles. The van der Waals surface area contributed by atoms with Crippen molar-refractivity contribution in [2.45, 2.75) is 102 Å². The molecule has 3 heterocycles. The van der Waals surface area contributed by atoms with Gasteiger partial charge in [0.25, 0.3) is 0 Å². The van der Waals surface area contributed by atoms with Gasteiger partial charge in [0.2, 0.25) is 0 Å². The van der Waals surface area contributed by atoms with Crippen molar-refractivity contribution in [3.8, 4) is 0 Å². The second-order valence-corrected chi connectivity index (χ2v) is 13.8. The number of nitrogens with zero attached hydrogens (tertiary/aromatic N) is 3. The molecular weight excluding hydrogens is 604 g/mol. The molecule has 3 saturated heterocycles. The van der Waals surface area contributed by atoms with Crippen LogP contribution in [0.25, 0.3) is 0 Å². The summed E-state index contributed by atoms with van der Waals surface area (Å²) in [5.41, 5.74) is 5.13. The van der Waals surface area contributed by atoms with Gasteiger partial charge < -0.3 is 24.0 Å². The Morgan fingerprint density at radius 3 is 2.23 bits per heavy atom. The third kappa shape index (κ3) is 11.7. The lowest BCUT2D eigenvalue weighted by molar-refractivity contribution is 0.0614. The first-order valence-electron chi connectivity index (χ1n) is 18.5. The molecule has 2 N–H and O–H groups in total. The Morgan fingerprint density at radius 1 is 0.979 bits per heavy atom. The van der Waals surface area contributed by atoms with E-state index in [1.54, 1.807) is 26.4 Å². The fraction of sp³-hybridized carbons (Fsp3) is 0.667. The summed E-state index contributed by atoms with van der Waals surface area (Å²) in [6.07, 6.45) is 11.8. The van der Waals surface area contributed by atoms with Crippen LogP contribution in [0.3, 0.4) is 0 Å². The number of piperidine rings is 1. The maximum absolute atomic E-state index is 12.5. The van der Waals surface area contributed by atoms with E-state index in [-0.39, 0.29) is 20.2 Å². The molecule has 2 aromatic carbocycles. The van der Waals surface area contributed by atoms with E-state index in [0.717, 1.165) is 69.4 Å². The Morgan fingerprint density at radius 2 is 1.65 bits per heavy atom. The number of likely N-dealkylation sites (tertiary alicyclic amines) is 2. The molecule has 1 amide bonds. The van der Waals surface area contributed by atoms with E-state index in [2.05, 4.69) is 64.2 Å². The van der Waals surface area contributed by atoms with E-state index in [0.29, 0.717) is 17.8 Å². The minimum atomic E-state index is -0.226. The Balaban J connectivity index is 0.000000242. The maximum atomic E-state index is 12.5. The summed E-state index contributed by atoms with van der Waals surface area (Å²) >= 11 is 0. The minimum absolute atomic E-state index is 0. The van der Waals surface area contributed by atoms with Gasteiger partial charge in [-0.3, -0.25) is 15.6 Å². The Labute approximate surface area is 291 Å². The fourth-order valence-corrected chi connectivity index (χ4v) is 7.74. The van der Waals surface area contributed by atoms with Crippen molar-refractivity contribution in [3.63, 3.8) is 0 Å². The number of nitrogens with one attached hydrogen (secondary N) is 1. The number of carbonyl (C=O) groups excluding carboxylic acids is 1. The van der Waals surface area contributed by atoms with Crippen LogP contribution in [0.2, 0.25) is 0 Å². The smallest absolute Gasteiger partial charge is 0.410 e. The van der Waals surface area contributed by atoms with Crippen LogP contribution in [0.5, 0.6) is 0 Å². The average Bonchev–Trinajstić information content (AvgIpc) is 3.86. The van der Waals surface area contributed by atoms with Crippen LogP contribution >= 0.6 is 0 Å². The molecule has 3 aliphatic heterocycles. The van der Waals surface area contributed by atoms with E-state index < -0.39 is 0 Å². The Kier molecular flexibility index (Phi) is 16.5. The summed E-state index contributed by atoms with van der Waals surface area (Å²) in [7, 11) is 3.25. The van der Waals surface area contributed by atoms with Crippen LogP contribution in [0, 0.1) is 5.92 Å². The quantitative estimate of drug-likeness (QED) is 0.187. The largest absolute Gasteiger partial charge is 0.445 e. The summed E-state index contributed by atoms with van der Waals surface area (Å²) in [4.78, 5) is 19.6. The Bertz CT molecular complexity index is 1160. The number of rotatable bonds is 11. The summed E-state index contributed by atoms with van der Waals surface area (Å²) < 4.78 is 15.5. The van der Waals surface area contributed by atoms with E-state index >= 15 is 0 Å². The van der Waals surface area contributed by atoms with Crippen LogP contribution in [0.15, 0.2) is 54.6 Å². The van der Waals surface area contributed by atoms with Crippen molar-refractivity contribution in [1.82, 2.24) is 14.7 Å². The van der Waals surface area contributed by atoms with Crippen molar-refractivity contribution in [2.75, 3.05) is 65.6 Å². The highest BCUT2D eigenvalue weighted by Crippen LogP contribution is 2.39. The van der Waals surface area contributed by atoms with Gasteiger partial charge in [-0.05, 0) is 86.7 Å². The second-order valence-electron chi connectivity index (χ2n) is 13.8. The molecule has 9 heteroatoms. The molecule has 4 fully saturated rings. The van der Waals surface area contributed by atoms with E-state index in [4.69, 9.17) is 14.7 Å².